The lowest BCUT2D eigenvalue weighted by Crippen LogP contribution is -2.07. The average Bonchev–Trinajstić information content (AvgIpc) is 3.02. The lowest BCUT2D eigenvalue weighted by atomic mass is 10.2. The van der Waals surface area contributed by atoms with Crippen LogP contribution in [0.25, 0.3) is 11.0 Å². The standard InChI is InChI=1S/C14H18N6/c1-4-20-6-5-15-13(20)9-16-11-7-12-10(2)18-19(3)14(12)17-8-11/h5-8,16H,4,9H2,1-3H3. The number of aromatic nitrogens is 5. The summed E-state index contributed by atoms with van der Waals surface area (Å²) in [5.41, 5.74) is 2.89. The van der Waals surface area contributed by atoms with Gasteiger partial charge in [-0.05, 0) is 19.9 Å². The van der Waals surface area contributed by atoms with E-state index in [9.17, 15) is 0 Å². The van der Waals surface area contributed by atoms with Gasteiger partial charge in [0.05, 0.1) is 24.1 Å². The van der Waals surface area contributed by atoms with E-state index in [1.54, 1.807) is 4.68 Å². The maximum atomic E-state index is 4.45. The van der Waals surface area contributed by atoms with Gasteiger partial charge in [-0.1, -0.05) is 0 Å². The molecule has 20 heavy (non-hydrogen) atoms. The number of fused-ring (bicyclic) bond motifs is 1. The Kier molecular flexibility index (Phi) is 3.14. The van der Waals surface area contributed by atoms with Crippen LogP contribution < -0.4 is 5.32 Å². The van der Waals surface area contributed by atoms with E-state index in [-0.39, 0.29) is 0 Å². The third kappa shape index (κ3) is 2.13. The second kappa shape index (κ2) is 4.96. The molecule has 0 atom stereocenters. The first kappa shape index (κ1) is 12.7. The molecule has 0 aliphatic rings. The van der Waals surface area contributed by atoms with E-state index >= 15 is 0 Å². The summed E-state index contributed by atoms with van der Waals surface area (Å²) in [7, 11) is 1.91. The highest BCUT2D eigenvalue weighted by molar-refractivity contribution is 5.81. The lowest BCUT2D eigenvalue weighted by molar-refractivity contribution is 0.708. The molecule has 0 amide bonds. The molecule has 3 rings (SSSR count). The third-order valence-corrected chi connectivity index (χ3v) is 3.46. The first-order valence-corrected chi connectivity index (χ1v) is 6.72. The largest absolute Gasteiger partial charge is 0.377 e. The van der Waals surface area contributed by atoms with Crippen LogP contribution in [0, 0.1) is 6.92 Å². The van der Waals surface area contributed by atoms with Gasteiger partial charge in [-0.3, -0.25) is 4.68 Å². The minimum Gasteiger partial charge on any atom is -0.377 e. The van der Waals surface area contributed by atoms with Gasteiger partial charge in [0.1, 0.15) is 5.82 Å². The van der Waals surface area contributed by atoms with E-state index in [0.29, 0.717) is 6.54 Å². The predicted molar refractivity (Wildman–Crippen MR) is 78.5 cm³/mol. The van der Waals surface area contributed by atoms with Crippen molar-refractivity contribution in [3.05, 3.63) is 36.2 Å². The Morgan fingerprint density at radius 1 is 1.30 bits per heavy atom. The molecule has 0 bridgehead atoms. The maximum absolute atomic E-state index is 4.45. The zero-order valence-electron chi connectivity index (χ0n) is 12.0. The highest BCUT2D eigenvalue weighted by Crippen LogP contribution is 2.19. The van der Waals surface area contributed by atoms with Crippen molar-refractivity contribution < 1.29 is 0 Å². The molecule has 0 saturated carbocycles. The second-order valence-corrected chi connectivity index (χ2v) is 4.79. The molecule has 0 aliphatic carbocycles. The number of rotatable bonds is 4. The summed E-state index contributed by atoms with van der Waals surface area (Å²) in [6.07, 6.45) is 5.65. The molecule has 0 radical (unpaired) electrons. The zero-order valence-corrected chi connectivity index (χ0v) is 12.0. The molecule has 0 saturated heterocycles. The molecule has 3 aromatic rings. The van der Waals surface area contributed by atoms with Gasteiger partial charge in [-0.25, -0.2) is 9.97 Å². The number of nitrogens with one attached hydrogen (secondary N) is 1. The number of pyridine rings is 1. The quantitative estimate of drug-likeness (QED) is 0.788. The molecule has 0 aliphatic heterocycles. The van der Waals surface area contributed by atoms with E-state index in [1.807, 2.05) is 32.6 Å². The van der Waals surface area contributed by atoms with Crippen LogP contribution in [0.2, 0.25) is 0 Å². The van der Waals surface area contributed by atoms with Crippen molar-refractivity contribution in [2.45, 2.75) is 26.9 Å². The summed E-state index contributed by atoms with van der Waals surface area (Å²) in [6, 6.07) is 2.09. The summed E-state index contributed by atoms with van der Waals surface area (Å²) >= 11 is 0. The zero-order chi connectivity index (χ0) is 14.1. The van der Waals surface area contributed by atoms with E-state index in [2.05, 4.69) is 37.9 Å². The van der Waals surface area contributed by atoms with Gasteiger partial charge in [0.2, 0.25) is 0 Å². The van der Waals surface area contributed by atoms with Crippen LogP contribution in [-0.4, -0.2) is 24.3 Å². The summed E-state index contributed by atoms with van der Waals surface area (Å²) < 4.78 is 3.92. The molecule has 0 aromatic carbocycles. The Hall–Kier alpha value is -2.37. The van der Waals surface area contributed by atoms with Crippen molar-refractivity contribution in [1.82, 2.24) is 24.3 Å². The topological polar surface area (TPSA) is 60.6 Å². The number of anilines is 1. The van der Waals surface area contributed by atoms with Crippen molar-refractivity contribution in [1.29, 1.82) is 0 Å². The lowest BCUT2D eigenvalue weighted by Gasteiger charge is -2.08. The Morgan fingerprint density at radius 2 is 2.15 bits per heavy atom. The SMILES string of the molecule is CCn1ccnc1CNc1cnc2c(c1)c(C)nn2C. The molecule has 104 valence electrons. The number of hydrogen-bond donors (Lipinski definition) is 1. The summed E-state index contributed by atoms with van der Waals surface area (Å²) in [5.74, 6) is 1.02. The Morgan fingerprint density at radius 3 is 2.95 bits per heavy atom. The van der Waals surface area contributed by atoms with Crippen molar-refractivity contribution in [2.75, 3.05) is 5.32 Å². The Balaban J connectivity index is 1.83. The minimum atomic E-state index is 0.688. The fourth-order valence-electron chi connectivity index (χ4n) is 2.38. The van der Waals surface area contributed by atoms with E-state index in [0.717, 1.165) is 34.8 Å². The first-order chi connectivity index (χ1) is 9.69. The van der Waals surface area contributed by atoms with Crippen LogP contribution in [0.15, 0.2) is 24.7 Å². The van der Waals surface area contributed by atoms with Crippen molar-refractivity contribution in [2.24, 2.45) is 7.05 Å². The average molecular weight is 270 g/mol. The molecule has 6 nitrogen and oxygen atoms in total. The van der Waals surface area contributed by atoms with Crippen LogP contribution >= 0.6 is 0 Å². The van der Waals surface area contributed by atoms with Crippen LogP contribution in [-0.2, 0) is 20.1 Å². The van der Waals surface area contributed by atoms with Crippen LogP contribution in [0.3, 0.4) is 0 Å². The first-order valence-electron chi connectivity index (χ1n) is 6.72. The van der Waals surface area contributed by atoms with Crippen LogP contribution in [0.4, 0.5) is 5.69 Å². The molecule has 0 fully saturated rings. The smallest absolute Gasteiger partial charge is 0.157 e. The maximum Gasteiger partial charge on any atom is 0.157 e. The van der Waals surface area contributed by atoms with Crippen molar-refractivity contribution >= 4 is 16.7 Å². The van der Waals surface area contributed by atoms with Gasteiger partial charge in [0.15, 0.2) is 5.65 Å². The number of hydrogen-bond acceptors (Lipinski definition) is 4. The van der Waals surface area contributed by atoms with Crippen molar-refractivity contribution in [3.63, 3.8) is 0 Å². The Bertz CT molecular complexity index is 739. The van der Waals surface area contributed by atoms with Crippen LogP contribution in [0.1, 0.15) is 18.4 Å². The minimum absolute atomic E-state index is 0.688. The number of aryl methyl sites for hydroxylation is 3. The predicted octanol–water partition coefficient (Wildman–Crippen LogP) is 2.11. The van der Waals surface area contributed by atoms with Gasteiger partial charge >= 0.3 is 0 Å². The molecule has 0 spiro atoms. The van der Waals surface area contributed by atoms with Gasteiger partial charge in [0.25, 0.3) is 0 Å². The monoisotopic (exact) mass is 270 g/mol. The van der Waals surface area contributed by atoms with Gasteiger partial charge in [0, 0.05) is 31.4 Å². The molecular weight excluding hydrogens is 252 g/mol. The van der Waals surface area contributed by atoms with Crippen molar-refractivity contribution in [3.8, 4) is 0 Å². The van der Waals surface area contributed by atoms with Gasteiger partial charge < -0.3 is 9.88 Å². The molecule has 0 unspecified atom stereocenters. The third-order valence-electron chi connectivity index (χ3n) is 3.46. The van der Waals surface area contributed by atoms with E-state index < -0.39 is 0 Å². The van der Waals surface area contributed by atoms with Crippen LogP contribution in [0.5, 0.6) is 0 Å². The molecule has 3 aromatic heterocycles. The fraction of sp³-hybridized carbons (Fsp3) is 0.357. The molecular formula is C14H18N6. The molecule has 6 heteroatoms. The normalized spacial score (nSPS) is 11.2. The second-order valence-electron chi connectivity index (χ2n) is 4.79. The molecule has 3 heterocycles. The number of nitrogens with zero attached hydrogens (tertiary/aromatic N) is 5. The van der Waals surface area contributed by atoms with E-state index in [4.69, 9.17) is 0 Å². The molecule has 1 N–H and O–H groups in total. The summed E-state index contributed by atoms with van der Waals surface area (Å²) in [5, 5.41) is 8.83. The van der Waals surface area contributed by atoms with Gasteiger partial charge in [-0.2, -0.15) is 5.10 Å². The highest BCUT2D eigenvalue weighted by atomic mass is 15.3. The Labute approximate surface area is 117 Å². The summed E-state index contributed by atoms with van der Waals surface area (Å²) in [6.45, 7) is 5.72. The number of imidazole rings is 1. The van der Waals surface area contributed by atoms with E-state index in [1.165, 1.54) is 0 Å². The summed E-state index contributed by atoms with van der Waals surface area (Å²) in [4.78, 5) is 8.80. The fourth-order valence-corrected chi connectivity index (χ4v) is 2.38. The van der Waals surface area contributed by atoms with Gasteiger partial charge in [-0.15, -0.1) is 0 Å². The highest BCUT2D eigenvalue weighted by Gasteiger charge is 2.07.